The second-order valence-corrected chi connectivity index (χ2v) is 3.80. The molecule has 0 aliphatic carbocycles. The molecular weight excluding hydrogens is 254 g/mol. The summed E-state index contributed by atoms with van der Waals surface area (Å²) in [6, 6.07) is 3.36. The van der Waals surface area contributed by atoms with Gasteiger partial charge in [0, 0.05) is 10.0 Å². The minimum absolute atomic E-state index is 0.128. The van der Waals surface area contributed by atoms with Crippen molar-refractivity contribution in [2.45, 2.75) is 0 Å². The summed E-state index contributed by atoms with van der Waals surface area (Å²) >= 11 is 3.30. The van der Waals surface area contributed by atoms with E-state index in [0.717, 1.165) is 4.47 Å². The number of aromatic nitrogens is 2. The van der Waals surface area contributed by atoms with E-state index in [9.17, 15) is 4.79 Å². The molecule has 0 saturated heterocycles. The minimum Gasteiger partial charge on any atom is -0.298 e. The van der Waals surface area contributed by atoms with E-state index in [1.54, 1.807) is 12.1 Å². The molecule has 1 heterocycles. The first-order valence-corrected chi connectivity index (χ1v) is 4.89. The number of hydrogen-bond acceptors (Lipinski definition) is 3. The fourth-order valence-electron chi connectivity index (χ4n) is 1.25. The Morgan fingerprint density at radius 3 is 2.33 bits per heavy atom. The zero-order chi connectivity index (χ0) is 11.0. The van der Waals surface area contributed by atoms with Crippen LogP contribution in [-0.4, -0.2) is 31.9 Å². The molecule has 3 nitrogen and oxygen atoms in total. The molecule has 0 spiro atoms. The Balaban J connectivity index is 2.94. The predicted molar refractivity (Wildman–Crippen MR) is 63.4 cm³/mol. The molecule has 0 aliphatic heterocycles. The summed E-state index contributed by atoms with van der Waals surface area (Å²) in [5.74, 6) is 0. The predicted octanol–water partition coefficient (Wildman–Crippen LogP) is -0.208. The fraction of sp³-hybridized carbons (Fsp3) is 0. The van der Waals surface area contributed by atoms with Crippen LogP contribution >= 0.6 is 15.9 Å². The van der Waals surface area contributed by atoms with Gasteiger partial charge < -0.3 is 0 Å². The lowest BCUT2D eigenvalue weighted by Crippen LogP contribution is -2.32. The highest BCUT2D eigenvalue weighted by Gasteiger charge is 2.08. The molecule has 4 radical (unpaired) electrons. The summed E-state index contributed by atoms with van der Waals surface area (Å²) in [6.45, 7) is 0. The van der Waals surface area contributed by atoms with Crippen LogP contribution < -0.4 is 11.2 Å². The van der Waals surface area contributed by atoms with Crippen LogP contribution in [0.5, 0.6) is 0 Å². The molecule has 6 heteroatoms. The molecule has 15 heavy (non-hydrogen) atoms. The van der Waals surface area contributed by atoms with Gasteiger partial charge in [-0.3, -0.25) is 14.8 Å². The molecule has 0 bridgehead atoms. The van der Waals surface area contributed by atoms with E-state index in [4.69, 9.17) is 15.7 Å². The fourth-order valence-corrected chi connectivity index (χ4v) is 1.65. The van der Waals surface area contributed by atoms with Crippen LogP contribution in [0.3, 0.4) is 0 Å². The highest BCUT2D eigenvalue weighted by Crippen LogP contribution is 2.21. The van der Waals surface area contributed by atoms with Crippen molar-refractivity contribution < 1.29 is 4.79 Å². The van der Waals surface area contributed by atoms with Gasteiger partial charge in [-0.25, -0.2) is 0 Å². The van der Waals surface area contributed by atoms with Crippen LogP contribution in [0, 0.1) is 0 Å². The number of benzene rings is 1. The summed E-state index contributed by atoms with van der Waals surface area (Å²) in [6.07, 6.45) is 0.707. The van der Waals surface area contributed by atoms with E-state index in [1.165, 1.54) is 0 Å². The normalized spacial score (nSPS) is 10.5. The first-order chi connectivity index (χ1) is 7.13. The number of nitrogens with zero attached hydrogens (tertiary/aromatic N) is 2. The highest BCUT2D eigenvalue weighted by atomic mass is 79.9. The SMILES string of the molecule is [B]c1nc2c(Br)ccc(C=O)c2nc1[B]. The Kier molecular flexibility index (Phi) is 2.61. The maximum Gasteiger partial charge on any atom is 0.152 e. The van der Waals surface area contributed by atoms with Crippen LogP contribution in [0.4, 0.5) is 0 Å². The third kappa shape index (κ3) is 1.69. The quantitative estimate of drug-likeness (QED) is 0.524. The van der Waals surface area contributed by atoms with Crippen molar-refractivity contribution in [2.75, 3.05) is 0 Å². The number of halogens is 1. The Hall–Kier alpha value is -1.16. The van der Waals surface area contributed by atoms with Crippen molar-refractivity contribution in [3.05, 3.63) is 22.2 Å². The van der Waals surface area contributed by atoms with E-state index >= 15 is 0 Å². The largest absolute Gasteiger partial charge is 0.298 e. The van der Waals surface area contributed by atoms with Crippen molar-refractivity contribution in [3.63, 3.8) is 0 Å². The molecule has 0 aliphatic rings. The average molecular weight is 257 g/mol. The van der Waals surface area contributed by atoms with Crippen LogP contribution in [0.1, 0.15) is 10.4 Å². The minimum atomic E-state index is 0.128. The molecule has 0 unspecified atom stereocenters. The molecule has 0 amide bonds. The lowest BCUT2D eigenvalue weighted by Gasteiger charge is -2.06. The van der Waals surface area contributed by atoms with Crippen molar-refractivity contribution in [1.29, 1.82) is 0 Å². The summed E-state index contributed by atoms with van der Waals surface area (Å²) in [7, 11) is 11.1. The van der Waals surface area contributed by atoms with Gasteiger partial charge in [-0.2, -0.15) is 0 Å². The molecule has 1 aromatic heterocycles. The van der Waals surface area contributed by atoms with Crippen LogP contribution in [-0.2, 0) is 0 Å². The molecule has 0 fully saturated rings. The van der Waals surface area contributed by atoms with Crippen molar-refractivity contribution >= 4 is 60.1 Å². The van der Waals surface area contributed by atoms with Crippen molar-refractivity contribution in [1.82, 2.24) is 9.97 Å². The first kappa shape index (κ1) is 10.4. The zero-order valence-corrected chi connectivity index (χ0v) is 9.15. The van der Waals surface area contributed by atoms with Gasteiger partial charge >= 0.3 is 0 Å². The van der Waals surface area contributed by atoms with E-state index in [0.29, 0.717) is 22.9 Å². The Morgan fingerprint density at radius 2 is 1.73 bits per heavy atom. The maximum absolute atomic E-state index is 10.8. The summed E-state index contributed by atoms with van der Waals surface area (Å²) in [5, 5.41) is 0. The summed E-state index contributed by atoms with van der Waals surface area (Å²) in [4.78, 5) is 18.9. The van der Waals surface area contributed by atoms with Crippen LogP contribution in [0.25, 0.3) is 11.0 Å². The zero-order valence-electron chi connectivity index (χ0n) is 7.57. The number of fused-ring (bicyclic) bond motifs is 1. The molecule has 68 valence electrons. The number of carbonyl (C=O) groups excluding carboxylic acids is 1. The highest BCUT2D eigenvalue weighted by molar-refractivity contribution is 9.10. The average Bonchev–Trinajstić information content (AvgIpc) is 2.22. The van der Waals surface area contributed by atoms with E-state index in [-0.39, 0.29) is 11.2 Å². The molecule has 2 aromatic rings. The third-order valence-corrected chi connectivity index (χ3v) is 2.63. The Labute approximate surface area is 97.2 Å². The topological polar surface area (TPSA) is 42.9 Å². The van der Waals surface area contributed by atoms with Gasteiger partial charge in [0.25, 0.3) is 0 Å². The van der Waals surface area contributed by atoms with Gasteiger partial charge in [-0.1, -0.05) is 0 Å². The molecule has 0 saturated carbocycles. The van der Waals surface area contributed by atoms with Gasteiger partial charge in [0.1, 0.15) is 21.2 Å². The van der Waals surface area contributed by atoms with Crippen molar-refractivity contribution in [2.24, 2.45) is 0 Å². The van der Waals surface area contributed by atoms with Crippen LogP contribution in [0.15, 0.2) is 16.6 Å². The molecule has 0 N–H and O–H groups in total. The Bertz CT molecular complexity index is 559. The third-order valence-electron chi connectivity index (χ3n) is 1.99. The lowest BCUT2D eigenvalue weighted by atomic mass is 9.90. The van der Waals surface area contributed by atoms with Crippen molar-refractivity contribution in [3.8, 4) is 0 Å². The molecule has 2 rings (SSSR count). The molecular formula is C9H3B2BrN2O. The summed E-state index contributed by atoms with van der Waals surface area (Å²) < 4.78 is 0.724. The monoisotopic (exact) mass is 256 g/mol. The van der Waals surface area contributed by atoms with E-state index in [1.807, 2.05) is 0 Å². The standard InChI is InChI=1S/C9H3B2BrN2O/c10-8-9(11)14-7-5(12)2-1-4(3-15)6(7)13-8/h1-3H. The van der Waals surface area contributed by atoms with Gasteiger partial charge in [0.15, 0.2) is 6.29 Å². The maximum atomic E-state index is 10.8. The second kappa shape index (κ2) is 3.77. The van der Waals surface area contributed by atoms with E-state index < -0.39 is 0 Å². The molecule has 1 aromatic carbocycles. The number of hydrogen-bond donors (Lipinski definition) is 0. The second-order valence-electron chi connectivity index (χ2n) is 2.95. The van der Waals surface area contributed by atoms with Gasteiger partial charge in [0.2, 0.25) is 0 Å². The molecule has 0 atom stereocenters. The number of carbonyl (C=O) groups is 1. The smallest absolute Gasteiger partial charge is 0.152 e. The lowest BCUT2D eigenvalue weighted by molar-refractivity contribution is 0.112. The van der Waals surface area contributed by atoms with E-state index in [2.05, 4.69) is 25.9 Å². The number of rotatable bonds is 1. The van der Waals surface area contributed by atoms with Gasteiger partial charge in [0.05, 0.1) is 5.52 Å². The van der Waals surface area contributed by atoms with Crippen LogP contribution in [0.2, 0.25) is 0 Å². The number of aldehydes is 1. The first-order valence-electron chi connectivity index (χ1n) is 4.10. The Morgan fingerprint density at radius 1 is 1.13 bits per heavy atom. The van der Waals surface area contributed by atoms with Gasteiger partial charge in [-0.15, -0.1) is 0 Å². The van der Waals surface area contributed by atoms with Gasteiger partial charge in [-0.05, 0) is 39.2 Å². The summed E-state index contributed by atoms with van der Waals surface area (Å²) in [5.41, 5.74) is 1.71.